The molecule has 23 heavy (non-hydrogen) atoms. The molecule has 0 aliphatic rings. The molecule has 0 aliphatic heterocycles. The van der Waals surface area contributed by atoms with Gasteiger partial charge in [-0.3, -0.25) is 4.79 Å². The Morgan fingerprint density at radius 1 is 1.04 bits per heavy atom. The Labute approximate surface area is 145 Å². The molecular weight excluding hydrogens is 337 g/mol. The Bertz CT molecular complexity index is 704. The maximum absolute atomic E-state index is 12.1. The Morgan fingerprint density at radius 3 is 2.48 bits per heavy atom. The Morgan fingerprint density at radius 2 is 1.78 bits per heavy atom. The Kier molecular flexibility index (Phi) is 6.13. The van der Waals surface area contributed by atoms with Gasteiger partial charge in [0.05, 0.1) is 24.8 Å². The van der Waals surface area contributed by atoms with Crippen LogP contribution >= 0.6 is 23.2 Å². The molecule has 0 spiro atoms. The topological polar surface area (TPSA) is 47.6 Å². The van der Waals surface area contributed by atoms with Crippen molar-refractivity contribution in [3.63, 3.8) is 0 Å². The van der Waals surface area contributed by atoms with E-state index in [4.69, 9.17) is 32.7 Å². The summed E-state index contributed by atoms with van der Waals surface area (Å²) in [5.74, 6) is 1.08. The summed E-state index contributed by atoms with van der Waals surface area (Å²) < 4.78 is 10.5. The number of nitrogens with one attached hydrogen (secondary N) is 1. The van der Waals surface area contributed by atoms with Gasteiger partial charge in [-0.2, -0.15) is 0 Å². The fourth-order valence-electron chi connectivity index (χ4n) is 2.12. The molecule has 0 heterocycles. The van der Waals surface area contributed by atoms with Crippen molar-refractivity contribution >= 4 is 29.1 Å². The molecule has 4 nitrogen and oxygen atoms in total. The molecule has 1 N–H and O–H groups in total. The standard InChI is InChI=1S/C17H17Cl2NO3/c1-22-15-6-3-11(9-16(15)23-2)7-8-20-17(21)13-10-12(18)4-5-14(13)19/h3-6,9-10H,7-8H2,1-2H3,(H,20,21). The third kappa shape index (κ3) is 4.53. The van der Waals surface area contributed by atoms with Crippen LogP contribution in [0.15, 0.2) is 36.4 Å². The summed E-state index contributed by atoms with van der Waals surface area (Å²) in [5, 5.41) is 3.67. The van der Waals surface area contributed by atoms with Crippen LogP contribution in [-0.4, -0.2) is 26.7 Å². The van der Waals surface area contributed by atoms with E-state index >= 15 is 0 Å². The van der Waals surface area contributed by atoms with E-state index in [1.54, 1.807) is 32.4 Å². The van der Waals surface area contributed by atoms with Crippen LogP contribution in [0.5, 0.6) is 11.5 Å². The summed E-state index contributed by atoms with van der Waals surface area (Å²) >= 11 is 11.9. The summed E-state index contributed by atoms with van der Waals surface area (Å²) in [6.45, 7) is 0.469. The molecule has 1 amide bonds. The molecule has 2 aromatic rings. The zero-order chi connectivity index (χ0) is 16.8. The SMILES string of the molecule is COc1ccc(CCNC(=O)c2cc(Cl)ccc2Cl)cc1OC. The minimum atomic E-state index is -0.252. The maximum atomic E-state index is 12.1. The number of hydrogen-bond acceptors (Lipinski definition) is 3. The highest BCUT2D eigenvalue weighted by molar-refractivity contribution is 6.35. The van der Waals surface area contributed by atoms with Crippen molar-refractivity contribution in [2.24, 2.45) is 0 Å². The van der Waals surface area contributed by atoms with E-state index in [1.165, 1.54) is 0 Å². The van der Waals surface area contributed by atoms with Crippen LogP contribution in [0.25, 0.3) is 0 Å². The van der Waals surface area contributed by atoms with E-state index in [1.807, 2.05) is 18.2 Å². The predicted molar refractivity (Wildman–Crippen MR) is 92.0 cm³/mol. The van der Waals surface area contributed by atoms with E-state index in [-0.39, 0.29) is 5.91 Å². The fourth-order valence-corrected chi connectivity index (χ4v) is 2.50. The average molecular weight is 354 g/mol. The van der Waals surface area contributed by atoms with Crippen molar-refractivity contribution in [3.8, 4) is 11.5 Å². The van der Waals surface area contributed by atoms with Crippen molar-refractivity contribution in [1.82, 2.24) is 5.32 Å². The average Bonchev–Trinajstić information content (AvgIpc) is 2.56. The molecule has 0 aromatic heterocycles. The maximum Gasteiger partial charge on any atom is 0.252 e. The van der Waals surface area contributed by atoms with Crippen LogP contribution < -0.4 is 14.8 Å². The second-order valence-corrected chi connectivity index (χ2v) is 5.66. The first kappa shape index (κ1) is 17.4. The zero-order valence-electron chi connectivity index (χ0n) is 12.9. The Balaban J connectivity index is 1.97. The lowest BCUT2D eigenvalue weighted by Gasteiger charge is -2.10. The predicted octanol–water partition coefficient (Wildman–Crippen LogP) is 3.98. The third-order valence-electron chi connectivity index (χ3n) is 3.32. The van der Waals surface area contributed by atoms with Gasteiger partial charge in [-0.1, -0.05) is 29.3 Å². The van der Waals surface area contributed by atoms with E-state index in [2.05, 4.69) is 5.32 Å². The number of rotatable bonds is 6. The number of benzene rings is 2. The molecule has 2 rings (SSSR count). The first-order chi connectivity index (χ1) is 11.0. The molecular formula is C17H17Cl2NO3. The van der Waals surface area contributed by atoms with Gasteiger partial charge in [0.1, 0.15) is 0 Å². The minimum absolute atomic E-state index is 0.252. The van der Waals surface area contributed by atoms with Crippen LogP contribution in [0.1, 0.15) is 15.9 Å². The van der Waals surface area contributed by atoms with Crippen LogP contribution in [0.3, 0.4) is 0 Å². The van der Waals surface area contributed by atoms with Crippen molar-refractivity contribution in [3.05, 3.63) is 57.6 Å². The smallest absolute Gasteiger partial charge is 0.252 e. The number of carbonyl (C=O) groups is 1. The van der Waals surface area contributed by atoms with Crippen LogP contribution in [0, 0.1) is 0 Å². The number of methoxy groups -OCH3 is 2. The first-order valence-corrected chi connectivity index (χ1v) is 7.75. The zero-order valence-corrected chi connectivity index (χ0v) is 14.4. The van der Waals surface area contributed by atoms with Gasteiger partial charge in [0.25, 0.3) is 5.91 Å². The van der Waals surface area contributed by atoms with E-state index in [0.29, 0.717) is 40.1 Å². The van der Waals surface area contributed by atoms with Gasteiger partial charge in [-0.25, -0.2) is 0 Å². The molecule has 0 bridgehead atoms. The largest absolute Gasteiger partial charge is 0.493 e. The van der Waals surface area contributed by atoms with Crippen LogP contribution in [-0.2, 0) is 6.42 Å². The van der Waals surface area contributed by atoms with Gasteiger partial charge in [0, 0.05) is 11.6 Å². The number of halogens is 2. The van der Waals surface area contributed by atoms with E-state index in [9.17, 15) is 4.79 Å². The molecule has 2 aromatic carbocycles. The number of carbonyl (C=O) groups excluding carboxylic acids is 1. The second-order valence-electron chi connectivity index (χ2n) is 4.82. The minimum Gasteiger partial charge on any atom is -0.493 e. The number of ether oxygens (including phenoxy) is 2. The summed E-state index contributed by atoms with van der Waals surface area (Å²) in [6.07, 6.45) is 0.657. The van der Waals surface area contributed by atoms with Crippen molar-refractivity contribution in [2.75, 3.05) is 20.8 Å². The lowest BCUT2D eigenvalue weighted by atomic mass is 10.1. The number of amides is 1. The highest BCUT2D eigenvalue weighted by Crippen LogP contribution is 2.27. The Hall–Kier alpha value is -1.91. The third-order valence-corrected chi connectivity index (χ3v) is 3.88. The fraction of sp³-hybridized carbons (Fsp3) is 0.235. The molecule has 0 aliphatic carbocycles. The molecule has 0 unspecified atom stereocenters. The molecule has 0 radical (unpaired) electrons. The van der Waals surface area contributed by atoms with E-state index in [0.717, 1.165) is 5.56 Å². The van der Waals surface area contributed by atoms with Crippen LogP contribution in [0.2, 0.25) is 10.0 Å². The molecule has 6 heteroatoms. The molecule has 0 saturated carbocycles. The van der Waals surface area contributed by atoms with E-state index < -0.39 is 0 Å². The molecule has 0 fully saturated rings. The quantitative estimate of drug-likeness (QED) is 0.854. The van der Waals surface area contributed by atoms with Crippen molar-refractivity contribution in [1.29, 1.82) is 0 Å². The summed E-state index contributed by atoms with van der Waals surface area (Å²) in [7, 11) is 3.18. The van der Waals surface area contributed by atoms with Gasteiger partial charge < -0.3 is 14.8 Å². The molecule has 0 atom stereocenters. The second kappa shape index (κ2) is 8.09. The summed E-state index contributed by atoms with van der Waals surface area (Å²) in [6, 6.07) is 10.5. The van der Waals surface area contributed by atoms with Gasteiger partial charge in [-0.15, -0.1) is 0 Å². The van der Waals surface area contributed by atoms with Gasteiger partial charge in [0.2, 0.25) is 0 Å². The van der Waals surface area contributed by atoms with Gasteiger partial charge in [-0.05, 0) is 42.3 Å². The van der Waals surface area contributed by atoms with Crippen molar-refractivity contribution in [2.45, 2.75) is 6.42 Å². The lowest BCUT2D eigenvalue weighted by Crippen LogP contribution is -2.26. The van der Waals surface area contributed by atoms with Gasteiger partial charge in [0.15, 0.2) is 11.5 Å². The first-order valence-electron chi connectivity index (χ1n) is 6.99. The normalized spacial score (nSPS) is 10.3. The monoisotopic (exact) mass is 353 g/mol. The molecule has 0 saturated heterocycles. The van der Waals surface area contributed by atoms with Crippen LogP contribution in [0.4, 0.5) is 0 Å². The summed E-state index contributed by atoms with van der Waals surface area (Å²) in [4.78, 5) is 12.1. The lowest BCUT2D eigenvalue weighted by molar-refractivity contribution is 0.0954. The highest BCUT2D eigenvalue weighted by atomic mass is 35.5. The molecule has 122 valence electrons. The highest BCUT2D eigenvalue weighted by Gasteiger charge is 2.11. The number of hydrogen-bond donors (Lipinski definition) is 1. The van der Waals surface area contributed by atoms with Crippen molar-refractivity contribution < 1.29 is 14.3 Å². The summed E-state index contributed by atoms with van der Waals surface area (Å²) in [5.41, 5.74) is 1.40. The van der Waals surface area contributed by atoms with Gasteiger partial charge >= 0.3 is 0 Å².